The van der Waals surface area contributed by atoms with E-state index in [2.05, 4.69) is 26.3 Å². The summed E-state index contributed by atoms with van der Waals surface area (Å²) in [5, 5.41) is 6.54. The Hall–Kier alpha value is -1.38. The number of nitrogens with one attached hydrogen (secondary N) is 1. The van der Waals surface area contributed by atoms with Crippen LogP contribution in [0.25, 0.3) is 0 Å². The minimum absolute atomic E-state index is 0.0513. The number of hydrogen-bond donors (Lipinski definition) is 1. The van der Waals surface area contributed by atoms with Crippen molar-refractivity contribution in [3.8, 4) is 0 Å². The SMILES string of the molecule is Cn1nccc1C(=O)Nc1ccc(S(=O)(=O)Cl)cc1Br. The highest BCUT2D eigenvalue weighted by Gasteiger charge is 2.15. The molecule has 0 atom stereocenters. The molecule has 0 unspecified atom stereocenters. The number of benzene rings is 1. The van der Waals surface area contributed by atoms with Crippen molar-refractivity contribution >= 4 is 47.3 Å². The lowest BCUT2D eigenvalue weighted by Gasteiger charge is -2.08. The van der Waals surface area contributed by atoms with Gasteiger partial charge in [-0.15, -0.1) is 0 Å². The molecule has 9 heteroatoms. The molecule has 20 heavy (non-hydrogen) atoms. The molecule has 106 valence electrons. The van der Waals surface area contributed by atoms with Gasteiger partial charge in [-0.3, -0.25) is 9.48 Å². The fourth-order valence-corrected chi connectivity index (χ4v) is 2.94. The predicted molar refractivity (Wildman–Crippen MR) is 78.3 cm³/mol. The van der Waals surface area contributed by atoms with Gasteiger partial charge in [0.05, 0.1) is 10.6 Å². The van der Waals surface area contributed by atoms with Crippen molar-refractivity contribution in [2.75, 3.05) is 5.32 Å². The molecule has 0 bridgehead atoms. The molecule has 0 spiro atoms. The molecule has 0 radical (unpaired) electrons. The quantitative estimate of drug-likeness (QED) is 0.831. The summed E-state index contributed by atoms with van der Waals surface area (Å²) < 4.78 is 24.2. The number of halogens is 2. The van der Waals surface area contributed by atoms with Crippen molar-refractivity contribution in [3.63, 3.8) is 0 Å². The van der Waals surface area contributed by atoms with Crippen LogP contribution in [0.2, 0.25) is 0 Å². The number of hydrogen-bond acceptors (Lipinski definition) is 4. The summed E-state index contributed by atoms with van der Waals surface area (Å²) >= 11 is 3.19. The number of anilines is 1. The molecule has 1 amide bonds. The second-order valence-corrected chi connectivity index (χ2v) is 7.29. The minimum Gasteiger partial charge on any atom is -0.320 e. The number of rotatable bonds is 3. The van der Waals surface area contributed by atoms with Gasteiger partial charge in [-0.2, -0.15) is 5.10 Å². The normalized spacial score (nSPS) is 11.3. The summed E-state index contributed by atoms with van der Waals surface area (Å²) in [4.78, 5) is 11.9. The van der Waals surface area contributed by atoms with Crippen LogP contribution in [0.5, 0.6) is 0 Å². The van der Waals surface area contributed by atoms with Gasteiger partial charge >= 0.3 is 0 Å². The maximum absolute atomic E-state index is 12.0. The van der Waals surface area contributed by atoms with E-state index in [1.54, 1.807) is 13.1 Å². The van der Waals surface area contributed by atoms with Gasteiger partial charge in [-0.1, -0.05) is 0 Å². The number of aromatic nitrogens is 2. The van der Waals surface area contributed by atoms with Crippen LogP contribution in [0.15, 0.2) is 39.8 Å². The molecular weight excluding hydrogens is 370 g/mol. The molecule has 1 N–H and O–H groups in total. The first-order valence-corrected chi connectivity index (χ1v) is 8.43. The van der Waals surface area contributed by atoms with Crippen LogP contribution >= 0.6 is 26.6 Å². The Balaban J connectivity index is 2.27. The zero-order chi connectivity index (χ0) is 14.9. The van der Waals surface area contributed by atoms with Crippen LogP contribution in [-0.4, -0.2) is 24.1 Å². The average Bonchev–Trinajstić information content (AvgIpc) is 2.76. The maximum Gasteiger partial charge on any atom is 0.273 e. The molecule has 0 aliphatic heterocycles. The molecule has 1 aromatic heterocycles. The highest BCUT2D eigenvalue weighted by molar-refractivity contribution is 9.10. The molecule has 0 aliphatic rings. The van der Waals surface area contributed by atoms with E-state index in [1.807, 2.05) is 0 Å². The molecule has 0 saturated carbocycles. The van der Waals surface area contributed by atoms with E-state index in [1.165, 1.54) is 29.1 Å². The third-order valence-electron chi connectivity index (χ3n) is 2.52. The first-order chi connectivity index (χ1) is 9.29. The van der Waals surface area contributed by atoms with Crippen molar-refractivity contribution in [1.29, 1.82) is 0 Å². The summed E-state index contributed by atoms with van der Waals surface area (Å²) in [6.45, 7) is 0. The van der Waals surface area contributed by atoms with Gasteiger partial charge in [-0.25, -0.2) is 8.42 Å². The van der Waals surface area contributed by atoms with Gasteiger partial charge < -0.3 is 5.32 Å². The van der Waals surface area contributed by atoms with E-state index in [0.717, 1.165) is 0 Å². The van der Waals surface area contributed by atoms with Crippen molar-refractivity contribution in [2.24, 2.45) is 7.05 Å². The largest absolute Gasteiger partial charge is 0.320 e. The van der Waals surface area contributed by atoms with Crippen molar-refractivity contribution in [1.82, 2.24) is 9.78 Å². The highest BCUT2D eigenvalue weighted by atomic mass is 79.9. The van der Waals surface area contributed by atoms with E-state index >= 15 is 0 Å². The van der Waals surface area contributed by atoms with Gasteiger partial charge in [0.15, 0.2) is 0 Å². The van der Waals surface area contributed by atoms with Crippen molar-refractivity contribution in [3.05, 3.63) is 40.6 Å². The summed E-state index contributed by atoms with van der Waals surface area (Å²) in [5.74, 6) is -0.354. The van der Waals surface area contributed by atoms with Gasteiger partial charge in [-0.05, 0) is 40.2 Å². The maximum atomic E-state index is 12.0. The molecule has 2 aromatic rings. The molecular formula is C11H9BrClN3O3S. The van der Waals surface area contributed by atoms with Crippen molar-refractivity contribution in [2.45, 2.75) is 4.90 Å². The molecule has 2 rings (SSSR count). The fraction of sp³-hybridized carbons (Fsp3) is 0.0909. The smallest absolute Gasteiger partial charge is 0.273 e. The second kappa shape index (κ2) is 5.55. The Kier molecular flexibility index (Phi) is 4.17. The van der Waals surface area contributed by atoms with Crippen LogP contribution in [0.4, 0.5) is 5.69 Å². The molecule has 1 aromatic carbocycles. The second-order valence-electron chi connectivity index (χ2n) is 3.87. The zero-order valence-corrected chi connectivity index (χ0v) is 13.3. The highest BCUT2D eigenvalue weighted by Crippen LogP contribution is 2.27. The van der Waals surface area contributed by atoms with Crippen LogP contribution in [0.1, 0.15) is 10.5 Å². The first-order valence-electron chi connectivity index (χ1n) is 5.32. The van der Waals surface area contributed by atoms with E-state index in [4.69, 9.17) is 10.7 Å². The van der Waals surface area contributed by atoms with Gasteiger partial charge in [0.25, 0.3) is 15.0 Å². The number of carbonyl (C=O) groups is 1. The Morgan fingerprint density at radius 3 is 2.60 bits per heavy atom. The van der Waals surface area contributed by atoms with Crippen LogP contribution in [0, 0.1) is 0 Å². The molecule has 0 fully saturated rings. The fourth-order valence-electron chi connectivity index (χ4n) is 1.53. The van der Waals surface area contributed by atoms with Crippen LogP contribution in [0.3, 0.4) is 0 Å². The standard InChI is InChI=1S/C11H9BrClN3O3S/c1-16-10(4-5-14-16)11(17)15-9-3-2-7(6-8(9)12)20(13,18)19/h2-6H,1H3,(H,15,17). The number of carbonyl (C=O) groups excluding carboxylic acids is 1. The Bertz CT molecular complexity index is 773. The molecule has 6 nitrogen and oxygen atoms in total. The number of aryl methyl sites for hydroxylation is 1. The molecule has 1 heterocycles. The summed E-state index contributed by atoms with van der Waals surface area (Å²) in [5.41, 5.74) is 0.811. The summed E-state index contributed by atoms with van der Waals surface area (Å²) in [6.07, 6.45) is 1.51. The zero-order valence-electron chi connectivity index (χ0n) is 10.2. The average molecular weight is 379 g/mol. The predicted octanol–water partition coefficient (Wildman–Crippen LogP) is 2.36. The third kappa shape index (κ3) is 3.20. The Morgan fingerprint density at radius 2 is 2.10 bits per heavy atom. The minimum atomic E-state index is -3.81. The monoisotopic (exact) mass is 377 g/mol. The van der Waals surface area contributed by atoms with Gasteiger partial charge in [0.2, 0.25) is 0 Å². The van der Waals surface area contributed by atoms with Gasteiger partial charge in [0.1, 0.15) is 5.69 Å². The topological polar surface area (TPSA) is 81.1 Å². The Labute approximate surface area is 128 Å². The molecule has 0 saturated heterocycles. The van der Waals surface area contributed by atoms with Crippen LogP contribution < -0.4 is 5.32 Å². The lowest BCUT2D eigenvalue weighted by atomic mass is 10.3. The lowest BCUT2D eigenvalue weighted by Crippen LogP contribution is -2.16. The van der Waals surface area contributed by atoms with E-state index < -0.39 is 9.05 Å². The third-order valence-corrected chi connectivity index (χ3v) is 4.53. The number of nitrogens with zero attached hydrogens (tertiary/aromatic N) is 2. The summed E-state index contributed by atoms with van der Waals surface area (Å²) in [6, 6.07) is 5.65. The van der Waals surface area contributed by atoms with Crippen molar-refractivity contribution < 1.29 is 13.2 Å². The van der Waals surface area contributed by atoms with E-state index in [0.29, 0.717) is 15.9 Å². The van der Waals surface area contributed by atoms with Crippen LogP contribution in [-0.2, 0) is 16.1 Å². The lowest BCUT2D eigenvalue weighted by molar-refractivity contribution is 0.101. The van der Waals surface area contributed by atoms with E-state index in [9.17, 15) is 13.2 Å². The Morgan fingerprint density at radius 1 is 1.40 bits per heavy atom. The van der Waals surface area contributed by atoms with E-state index in [-0.39, 0.29) is 10.8 Å². The van der Waals surface area contributed by atoms with Gasteiger partial charge in [0, 0.05) is 28.4 Å². The summed E-state index contributed by atoms with van der Waals surface area (Å²) in [7, 11) is 3.08. The first kappa shape index (κ1) is 15.0. The molecule has 0 aliphatic carbocycles. The number of amides is 1.